The van der Waals surface area contributed by atoms with Crippen LogP contribution in [0.15, 0.2) is 0 Å². The Balaban J connectivity index is 1.57. The SMILES string of the molecule is O[C@@H]1[C@@H](O)[C@H](O[C@@H]2CO[C@@H](O[C@@H]3[C@@H](O)[C@H](O)CO[C@H]3O)[C@H](O)[C@H]2O)OC[C@H]1O. The van der Waals surface area contributed by atoms with Crippen molar-refractivity contribution in [3.8, 4) is 0 Å². The van der Waals surface area contributed by atoms with Crippen molar-refractivity contribution < 1.29 is 64.5 Å². The van der Waals surface area contributed by atoms with Crippen molar-refractivity contribution in [2.45, 2.75) is 73.8 Å². The van der Waals surface area contributed by atoms with Crippen molar-refractivity contribution in [2.75, 3.05) is 19.8 Å². The summed E-state index contributed by atoms with van der Waals surface area (Å²) < 4.78 is 25.8. The summed E-state index contributed by atoms with van der Waals surface area (Å²) in [6.45, 7) is -0.948. The van der Waals surface area contributed by atoms with Crippen LogP contribution in [0.3, 0.4) is 0 Å². The van der Waals surface area contributed by atoms with Crippen molar-refractivity contribution >= 4 is 0 Å². The first kappa shape index (κ1) is 22.2. The Hall–Kier alpha value is -0.520. The van der Waals surface area contributed by atoms with Gasteiger partial charge in [-0.3, -0.25) is 0 Å². The molecule has 13 heteroatoms. The summed E-state index contributed by atoms with van der Waals surface area (Å²) in [5.74, 6) is 0. The molecule has 3 rings (SSSR count). The summed E-state index contributed by atoms with van der Waals surface area (Å²) in [7, 11) is 0. The number of aliphatic hydroxyl groups excluding tert-OH is 8. The molecular formula is C15H26O13. The summed E-state index contributed by atoms with van der Waals surface area (Å²) in [5.41, 5.74) is 0. The van der Waals surface area contributed by atoms with Crippen LogP contribution in [0.25, 0.3) is 0 Å². The predicted octanol–water partition coefficient (Wildman–Crippen LogP) is -5.66. The highest BCUT2D eigenvalue weighted by molar-refractivity contribution is 4.90. The minimum atomic E-state index is -1.69. The van der Waals surface area contributed by atoms with Gasteiger partial charge < -0.3 is 64.5 Å². The van der Waals surface area contributed by atoms with E-state index in [4.69, 9.17) is 23.7 Å². The quantitative estimate of drug-likeness (QED) is 0.216. The zero-order chi connectivity index (χ0) is 20.6. The Morgan fingerprint density at radius 3 is 1.79 bits per heavy atom. The molecule has 3 aliphatic heterocycles. The normalized spacial score (nSPS) is 53.1. The third kappa shape index (κ3) is 4.46. The lowest BCUT2D eigenvalue weighted by atomic mass is 10.0. The van der Waals surface area contributed by atoms with Crippen LogP contribution in [-0.2, 0) is 23.7 Å². The standard InChI is InChI=1S/C15H26O13/c16-4-2-25-14(10(21)7(4)18)27-6-3-26-15(11(22)9(6)20)28-12-8(19)5(17)1-24-13(12)23/h4-23H,1-3H2/t4-,5-,6-,7+,8+,9+,10-,11-,12-,13-,14+,15+/m1/s1. The number of ether oxygens (including phenoxy) is 5. The van der Waals surface area contributed by atoms with Gasteiger partial charge >= 0.3 is 0 Å². The van der Waals surface area contributed by atoms with Crippen LogP contribution in [0.5, 0.6) is 0 Å². The van der Waals surface area contributed by atoms with Crippen LogP contribution in [0.2, 0.25) is 0 Å². The van der Waals surface area contributed by atoms with Crippen LogP contribution in [-0.4, -0.2) is 134 Å². The number of hydrogen-bond donors (Lipinski definition) is 8. The van der Waals surface area contributed by atoms with Crippen LogP contribution in [0, 0.1) is 0 Å². The lowest BCUT2D eigenvalue weighted by Gasteiger charge is -2.43. The topological polar surface area (TPSA) is 208 Å². The van der Waals surface area contributed by atoms with E-state index in [0.717, 1.165) is 0 Å². The molecule has 28 heavy (non-hydrogen) atoms. The van der Waals surface area contributed by atoms with E-state index < -0.39 is 73.8 Å². The maximum atomic E-state index is 10.3. The van der Waals surface area contributed by atoms with Gasteiger partial charge in [0.25, 0.3) is 0 Å². The highest BCUT2D eigenvalue weighted by Crippen LogP contribution is 2.27. The predicted molar refractivity (Wildman–Crippen MR) is 83.2 cm³/mol. The first-order chi connectivity index (χ1) is 13.2. The second-order valence-corrected chi connectivity index (χ2v) is 6.99. The van der Waals surface area contributed by atoms with Crippen molar-refractivity contribution in [1.29, 1.82) is 0 Å². The Bertz CT molecular complexity index is 508. The lowest BCUT2D eigenvalue weighted by Crippen LogP contribution is -2.62. The minimum absolute atomic E-state index is 0.305. The van der Waals surface area contributed by atoms with E-state index in [2.05, 4.69) is 0 Å². The minimum Gasteiger partial charge on any atom is -0.388 e. The van der Waals surface area contributed by atoms with Gasteiger partial charge in [-0.25, -0.2) is 0 Å². The van der Waals surface area contributed by atoms with E-state index in [0.29, 0.717) is 0 Å². The van der Waals surface area contributed by atoms with Gasteiger partial charge in [0.1, 0.15) is 54.9 Å². The molecule has 0 radical (unpaired) electrons. The van der Waals surface area contributed by atoms with Crippen LogP contribution in [0.4, 0.5) is 0 Å². The van der Waals surface area contributed by atoms with E-state index in [1.807, 2.05) is 0 Å². The Labute approximate surface area is 159 Å². The first-order valence-electron chi connectivity index (χ1n) is 8.81. The molecule has 8 N–H and O–H groups in total. The molecule has 3 saturated heterocycles. The van der Waals surface area contributed by atoms with E-state index in [1.165, 1.54) is 0 Å². The molecule has 3 heterocycles. The fourth-order valence-corrected chi connectivity index (χ4v) is 3.16. The van der Waals surface area contributed by atoms with Crippen LogP contribution in [0.1, 0.15) is 0 Å². The summed E-state index contributed by atoms with van der Waals surface area (Å²) >= 11 is 0. The van der Waals surface area contributed by atoms with Gasteiger partial charge in [-0.05, 0) is 0 Å². The van der Waals surface area contributed by atoms with Gasteiger partial charge in [-0.2, -0.15) is 0 Å². The first-order valence-corrected chi connectivity index (χ1v) is 8.81. The monoisotopic (exact) mass is 414 g/mol. The second kappa shape index (κ2) is 9.09. The van der Waals surface area contributed by atoms with Gasteiger partial charge in [0.15, 0.2) is 18.9 Å². The van der Waals surface area contributed by atoms with Gasteiger partial charge in [0.2, 0.25) is 0 Å². The maximum absolute atomic E-state index is 10.3. The number of aliphatic hydroxyl groups is 8. The van der Waals surface area contributed by atoms with Crippen LogP contribution < -0.4 is 0 Å². The molecule has 13 nitrogen and oxygen atoms in total. The molecule has 3 aliphatic rings. The third-order valence-electron chi connectivity index (χ3n) is 4.94. The zero-order valence-electron chi connectivity index (χ0n) is 14.7. The van der Waals surface area contributed by atoms with Gasteiger partial charge in [0, 0.05) is 0 Å². The van der Waals surface area contributed by atoms with E-state index in [9.17, 15) is 40.9 Å². The van der Waals surface area contributed by atoms with Crippen molar-refractivity contribution in [3.05, 3.63) is 0 Å². The third-order valence-corrected chi connectivity index (χ3v) is 4.94. The zero-order valence-corrected chi connectivity index (χ0v) is 14.7. The molecule has 164 valence electrons. The van der Waals surface area contributed by atoms with E-state index >= 15 is 0 Å². The maximum Gasteiger partial charge on any atom is 0.186 e. The molecule has 0 aromatic rings. The molecule has 0 unspecified atom stereocenters. The molecule has 0 aromatic carbocycles. The number of rotatable bonds is 4. The Kier molecular flexibility index (Phi) is 7.20. The highest BCUT2D eigenvalue weighted by atomic mass is 16.7. The average molecular weight is 414 g/mol. The average Bonchev–Trinajstić information content (AvgIpc) is 2.67. The van der Waals surface area contributed by atoms with Crippen molar-refractivity contribution in [1.82, 2.24) is 0 Å². The second-order valence-electron chi connectivity index (χ2n) is 6.99. The molecular weight excluding hydrogens is 388 g/mol. The Morgan fingerprint density at radius 2 is 1.07 bits per heavy atom. The van der Waals surface area contributed by atoms with Gasteiger partial charge in [0.05, 0.1) is 19.8 Å². The lowest BCUT2D eigenvalue weighted by molar-refractivity contribution is -0.354. The molecule has 3 fully saturated rings. The summed E-state index contributed by atoms with van der Waals surface area (Å²) in [6.07, 6.45) is -17.6. The molecule has 0 bridgehead atoms. The molecule has 0 saturated carbocycles. The van der Waals surface area contributed by atoms with Gasteiger partial charge in [-0.15, -0.1) is 0 Å². The van der Waals surface area contributed by atoms with E-state index in [-0.39, 0.29) is 19.8 Å². The Morgan fingerprint density at radius 1 is 0.536 bits per heavy atom. The molecule has 0 spiro atoms. The number of hydrogen-bond acceptors (Lipinski definition) is 13. The van der Waals surface area contributed by atoms with Crippen molar-refractivity contribution in [2.24, 2.45) is 0 Å². The smallest absolute Gasteiger partial charge is 0.186 e. The summed E-state index contributed by atoms with van der Waals surface area (Å²) in [6, 6.07) is 0. The fourth-order valence-electron chi connectivity index (χ4n) is 3.16. The molecule has 0 amide bonds. The molecule has 0 aromatic heterocycles. The molecule has 12 atom stereocenters. The highest BCUT2D eigenvalue weighted by Gasteiger charge is 2.48. The largest absolute Gasteiger partial charge is 0.388 e. The molecule has 0 aliphatic carbocycles. The van der Waals surface area contributed by atoms with Crippen molar-refractivity contribution in [3.63, 3.8) is 0 Å². The van der Waals surface area contributed by atoms with E-state index in [1.54, 1.807) is 0 Å². The summed E-state index contributed by atoms with van der Waals surface area (Å²) in [5, 5.41) is 78.7. The van der Waals surface area contributed by atoms with Gasteiger partial charge in [-0.1, -0.05) is 0 Å². The fraction of sp³-hybridized carbons (Fsp3) is 1.00. The summed E-state index contributed by atoms with van der Waals surface area (Å²) in [4.78, 5) is 0. The van der Waals surface area contributed by atoms with Crippen LogP contribution >= 0.6 is 0 Å².